The van der Waals surface area contributed by atoms with E-state index in [1.165, 1.54) is 0 Å². The Balaban J connectivity index is 2.39. The average Bonchev–Trinajstić information content (AvgIpc) is 2.53. The lowest BCUT2D eigenvalue weighted by molar-refractivity contribution is -0.184. The zero-order valence-electron chi connectivity index (χ0n) is 18.0. The molecule has 2 N–H and O–H groups in total. The van der Waals surface area contributed by atoms with Crippen LogP contribution in [-0.2, 0) is 19.1 Å². The molecule has 0 radical (unpaired) electrons. The van der Waals surface area contributed by atoms with Crippen LogP contribution in [0.25, 0.3) is 0 Å². The van der Waals surface area contributed by atoms with Crippen LogP contribution in [0, 0.1) is 11.3 Å². The van der Waals surface area contributed by atoms with Gasteiger partial charge in [-0.05, 0) is 25.2 Å². The summed E-state index contributed by atoms with van der Waals surface area (Å²) in [6, 6.07) is 0. The van der Waals surface area contributed by atoms with Crippen LogP contribution < -0.4 is 0 Å². The first kappa shape index (κ1) is 24.6. The number of aliphatic carboxylic acids is 1. The Labute approximate surface area is 169 Å². The number of ketones is 1. The molecule has 0 aromatic rings. The first-order valence-corrected chi connectivity index (χ1v) is 10.6. The molecule has 2 atom stereocenters. The Morgan fingerprint density at radius 2 is 1.79 bits per heavy atom. The predicted octanol–water partition coefficient (Wildman–Crippen LogP) is 4.27. The van der Waals surface area contributed by atoms with E-state index in [2.05, 4.69) is 13.8 Å². The summed E-state index contributed by atoms with van der Waals surface area (Å²) in [4.78, 5) is 34.9. The zero-order valence-corrected chi connectivity index (χ0v) is 18.0. The number of carbonyl (C=O) groups is 3. The van der Waals surface area contributed by atoms with E-state index < -0.39 is 30.1 Å². The Bertz CT molecular complexity index is 535. The fourth-order valence-corrected chi connectivity index (χ4v) is 3.84. The summed E-state index contributed by atoms with van der Waals surface area (Å²) in [6.07, 6.45) is 5.69. The molecule has 1 aliphatic heterocycles. The van der Waals surface area contributed by atoms with Crippen LogP contribution >= 0.6 is 0 Å². The molecule has 162 valence electrons. The van der Waals surface area contributed by atoms with Gasteiger partial charge in [0.05, 0.1) is 18.4 Å². The van der Waals surface area contributed by atoms with Crippen molar-refractivity contribution in [1.29, 1.82) is 0 Å². The second-order valence-corrected chi connectivity index (χ2v) is 9.53. The molecule has 0 amide bonds. The lowest BCUT2D eigenvalue weighted by Crippen LogP contribution is -2.49. The molecule has 0 bridgehead atoms. The fraction of sp³-hybridized carbons (Fsp3) is 0.864. The van der Waals surface area contributed by atoms with Crippen LogP contribution in [0.2, 0.25) is 0 Å². The Hall–Kier alpha value is -1.43. The molecule has 28 heavy (non-hydrogen) atoms. The lowest BCUT2D eigenvalue weighted by atomic mass is 9.74. The monoisotopic (exact) mass is 398 g/mol. The number of carbonyl (C=O) groups excluding carboxylic acids is 2. The summed E-state index contributed by atoms with van der Waals surface area (Å²) < 4.78 is 5.43. The molecular weight excluding hydrogens is 360 g/mol. The van der Waals surface area contributed by atoms with E-state index in [4.69, 9.17) is 9.84 Å². The summed E-state index contributed by atoms with van der Waals surface area (Å²) in [6.45, 7) is 8.31. The Morgan fingerprint density at radius 1 is 1.18 bits per heavy atom. The highest BCUT2D eigenvalue weighted by Gasteiger charge is 2.46. The van der Waals surface area contributed by atoms with Gasteiger partial charge in [-0.2, -0.15) is 0 Å². The third kappa shape index (κ3) is 9.18. The molecule has 0 spiro atoms. The minimum Gasteiger partial charge on any atom is -0.481 e. The van der Waals surface area contributed by atoms with Crippen molar-refractivity contribution in [2.75, 3.05) is 0 Å². The van der Waals surface area contributed by atoms with E-state index in [0.29, 0.717) is 24.5 Å². The molecule has 1 rings (SSSR count). The molecule has 1 aliphatic rings. The second kappa shape index (κ2) is 10.9. The van der Waals surface area contributed by atoms with Gasteiger partial charge in [0.25, 0.3) is 0 Å². The first-order chi connectivity index (χ1) is 12.9. The molecule has 1 fully saturated rings. The van der Waals surface area contributed by atoms with Crippen LogP contribution in [0.1, 0.15) is 98.3 Å². The van der Waals surface area contributed by atoms with Gasteiger partial charge in [0.1, 0.15) is 11.9 Å². The van der Waals surface area contributed by atoms with Crippen LogP contribution in [-0.4, -0.2) is 39.6 Å². The lowest BCUT2D eigenvalue weighted by Gasteiger charge is -2.42. The smallest absolute Gasteiger partial charge is 0.309 e. The molecule has 0 aliphatic carbocycles. The summed E-state index contributed by atoms with van der Waals surface area (Å²) in [5, 5.41) is 19.5. The van der Waals surface area contributed by atoms with Crippen molar-refractivity contribution in [3.05, 3.63) is 0 Å². The van der Waals surface area contributed by atoms with Gasteiger partial charge in [0, 0.05) is 24.7 Å². The third-order valence-electron chi connectivity index (χ3n) is 5.68. The fourth-order valence-electron chi connectivity index (χ4n) is 3.84. The van der Waals surface area contributed by atoms with Crippen LogP contribution in [0.5, 0.6) is 0 Å². The minimum atomic E-state index is -1.55. The van der Waals surface area contributed by atoms with E-state index in [0.717, 1.165) is 38.5 Å². The highest BCUT2D eigenvalue weighted by molar-refractivity contribution is 5.78. The largest absolute Gasteiger partial charge is 0.481 e. The number of ether oxygens (including phenoxy) is 1. The van der Waals surface area contributed by atoms with E-state index in [-0.39, 0.29) is 18.3 Å². The van der Waals surface area contributed by atoms with Gasteiger partial charge in [-0.3, -0.25) is 14.4 Å². The zero-order chi connectivity index (χ0) is 21.4. The van der Waals surface area contributed by atoms with Crippen molar-refractivity contribution < 1.29 is 29.3 Å². The first-order valence-electron chi connectivity index (χ1n) is 10.6. The van der Waals surface area contributed by atoms with Gasteiger partial charge in [-0.25, -0.2) is 0 Å². The molecule has 1 saturated heterocycles. The number of esters is 1. The molecule has 2 unspecified atom stereocenters. The number of unbranched alkanes of at least 4 members (excludes halogenated alkanes) is 2. The molecule has 0 saturated carbocycles. The normalized spacial score (nSPS) is 22.9. The number of hydrogen-bond acceptors (Lipinski definition) is 5. The summed E-state index contributed by atoms with van der Waals surface area (Å²) in [7, 11) is 0. The highest BCUT2D eigenvalue weighted by Crippen LogP contribution is 2.40. The Morgan fingerprint density at radius 3 is 2.36 bits per heavy atom. The van der Waals surface area contributed by atoms with Crippen molar-refractivity contribution in [3.63, 3.8) is 0 Å². The van der Waals surface area contributed by atoms with Gasteiger partial charge in [-0.1, -0.05) is 47.0 Å². The topological polar surface area (TPSA) is 101 Å². The van der Waals surface area contributed by atoms with E-state index in [9.17, 15) is 19.5 Å². The molecule has 0 aromatic heterocycles. The number of rotatable bonds is 13. The number of carboxylic acids is 1. The predicted molar refractivity (Wildman–Crippen MR) is 107 cm³/mol. The molecule has 6 nitrogen and oxygen atoms in total. The summed E-state index contributed by atoms with van der Waals surface area (Å²) >= 11 is 0. The highest BCUT2D eigenvalue weighted by atomic mass is 16.5. The van der Waals surface area contributed by atoms with E-state index in [1.807, 2.05) is 13.8 Å². The van der Waals surface area contributed by atoms with Gasteiger partial charge in [-0.15, -0.1) is 0 Å². The molecule has 1 heterocycles. The SMILES string of the molecule is CC(C)CCCCC(=O)CCCCC(C)(C)C1CC(O)(CC(=O)O)CC(=O)O1. The second-order valence-electron chi connectivity index (χ2n) is 9.53. The molecular formula is C22H38O6. The average molecular weight is 399 g/mol. The van der Waals surface area contributed by atoms with Gasteiger partial charge >= 0.3 is 11.9 Å². The number of carboxylic acid groups (broad SMARTS) is 1. The quantitative estimate of drug-likeness (QED) is 0.355. The van der Waals surface area contributed by atoms with Crippen LogP contribution in [0.15, 0.2) is 0 Å². The summed E-state index contributed by atoms with van der Waals surface area (Å²) in [5.41, 5.74) is -1.93. The van der Waals surface area contributed by atoms with Crippen molar-refractivity contribution >= 4 is 17.7 Å². The van der Waals surface area contributed by atoms with Gasteiger partial charge in [0.2, 0.25) is 0 Å². The summed E-state index contributed by atoms with van der Waals surface area (Å²) in [5.74, 6) is -0.689. The van der Waals surface area contributed by atoms with Crippen LogP contribution in [0.3, 0.4) is 0 Å². The number of hydrogen-bond donors (Lipinski definition) is 2. The van der Waals surface area contributed by atoms with Crippen LogP contribution in [0.4, 0.5) is 0 Å². The van der Waals surface area contributed by atoms with E-state index in [1.54, 1.807) is 0 Å². The minimum absolute atomic E-state index is 0.132. The number of Topliss-reactive ketones (excluding diaryl/α,β-unsaturated/α-hetero) is 1. The van der Waals surface area contributed by atoms with Crippen molar-refractivity contribution in [1.82, 2.24) is 0 Å². The van der Waals surface area contributed by atoms with Crippen molar-refractivity contribution in [3.8, 4) is 0 Å². The van der Waals surface area contributed by atoms with Gasteiger partial charge in [0.15, 0.2) is 0 Å². The maximum Gasteiger partial charge on any atom is 0.309 e. The number of aliphatic hydroxyl groups is 1. The van der Waals surface area contributed by atoms with Crippen molar-refractivity contribution in [2.24, 2.45) is 11.3 Å². The number of cyclic esters (lactones) is 1. The Kier molecular flexibility index (Phi) is 9.61. The van der Waals surface area contributed by atoms with Crippen molar-refractivity contribution in [2.45, 2.75) is 110 Å². The standard InChI is InChI=1S/C22H38O6/c1-16(2)9-5-6-10-17(23)11-7-8-12-21(3,4)18-13-22(27,14-19(24)25)15-20(26)28-18/h16,18,27H,5-15H2,1-4H3,(H,24,25). The third-order valence-corrected chi connectivity index (χ3v) is 5.68. The maximum atomic E-state index is 12.0. The molecule has 6 heteroatoms. The van der Waals surface area contributed by atoms with Gasteiger partial charge < -0.3 is 14.9 Å². The molecule has 0 aromatic carbocycles. The maximum absolute atomic E-state index is 12.0. The van der Waals surface area contributed by atoms with E-state index >= 15 is 0 Å².